The molecule has 0 bridgehead atoms. The molecular weight excluding hydrogens is 216 g/mol. The Morgan fingerprint density at radius 2 is 2.19 bits per heavy atom. The number of benzene rings is 1. The molecule has 0 spiro atoms. The standard InChI is InChI=1S/C11H11F2NO2/c1-2-5-14-10(11(15)16)7-3-4-8(12)9(13)6-7/h2-4,6,10,14H,1,5H2,(H,15,16). The average molecular weight is 227 g/mol. The third kappa shape index (κ3) is 2.87. The van der Waals surface area contributed by atoms with Gasteiger partial charge in [-0.15, -0.1) is 6.58 Å². The summed E-state index contributed by atoms with van der Waals surface area (Å²) in [4.78, 5) is 10.9. The Balaban J connectivity index is 2.96. The van der Waals surface area contributed by atoms with Crippen molar-refractivity contribution in [2.24, 2.45) is 0 Å². The van der Waals surface area contributed by atoms with Gasteiger partial charge in [-0.2, -0.15) is 0 Å². The maximum Gasteiger partial charge on any atom is 0.325 e. The van der Waals surface area contributed by atoms with E-state index in [2.05, 4.69) is 11.9 Å². The second kappa shape index (κ2) is 5.37. The van der Waals surface area contributed by atoms with Gasteiger partial charge in [0.1, 0.15) is 6.04 Å². The van der Waals surface area contributed by atoms with Crippen LogP contribution in [0.1, 0.15) is 11.6 Å². The molecule has 0 saturated carbocycles. The van der Waals surface area contributed by atoms with Crippen molar-refractivity contribution >= 4 is 5.97 Å². The average Bonchev–Trinajstić information content (AvgIpc) is 2.23. The molecule has 0 aliphatic carbocycles. The Hall–Kier alpha value is -1.75. The lowest BCUT2D eigenvalue weighted by Gasteiger charge is -2.13. The summed E-state index contributed by atoms with van der Waals surface area (Å²) in [5.74, 6) is -3.23. The molecule has 0 aliphatic rings. The highest BCUT2D eigenvalue weighted by atomic mass is 19.2. The minimum atomic E-state index is -1.16. The molecule has 1 atom stereocenters. The van der Waals surface area contributed by atoms with Crippen LogP contribution in [0, 0.1) is 11.6 Å². The molecule has 1 aromatic rings. The van der Waals surface area contributed by atoms with Crippen LogP contribution in [0.4, 0.5) is 8.78 Å². The third-order valence-electron chi connectivity index (χ3n) is 1.99. The summed E-state index contributed by atoms with van der Waals surface area (Å²) >= 11 is 0. The van der Waals surface area contributed by atoms with E-state index in [9.17, 15) is 13.6 Å². The first-order valence-electron chi connectivity index (χ1n) is 4.58. The fraction of sp³-hybridized carbons (Fsp3) is 0.182. The van der Waals surface area contributed by atoms with Crippen molar-refractivity contribution in [3.05, 3.63) is 48.1 Å². The molecule has 5 heteroatoms. The van der Waals surface area contributed by atoms with Crippen molar-refractivity contribution < 1.29 is 18.7 Å². The molecule has 0 radical (unpaired) electrons. The van der Waals surface area contributed by atoms with Gasteiger partial charge >= 0.3 is 5.97 Å². The highest BCUT2D eigenvalue weighted by molar-refractivity contribution is 5.75. The number of hydrogen-bond acceptors (Lipinski definition) is 2. The minimum absolute atomic E-state index is 0.160. The van der Waals surface area contributed by atoms with Crippen molar-refractivity contribution in [3.63, 3.8) is 0 Å². The molecule has 0 aliphatic heterocycles. The lowest BCUT2D eigenvalue weighted by molar-refractivity contribution is -0.139. The zero-order valence-corrected chi connectivity index (χ0v) is 8.41. The van der Waals surface area contributed by atoms with Gasteiger partial charge in [0.2, 0.25) is 0 Å². The van der Waals surface area contributed by atoms with Crippen LogP contribution in [-0.2, 0) is 4.79 Å². The fourth-order valence-electron chi connectivity index (χ4n) is 1.24. The number of rotatable bonds is 5. The van der Waals surface area contributed by atoms with Gasteiger partial charge in [0.05, 0.1) is 0 Å². The van der Waals surface area contributed by atoms with Gasteiger partial charge in [-0.3, -0.25) is 10.1 Å². The summed E-state index contributed by atoms with van der Waals surface area (Å²) in [5.41, 5.74) is 0.160. The van der Waals surface area contributed by atoms with Gasteiger partial charge in [0.25, 0.3) is 0 Å². The number of aliphatic carboxylic acids is 1. The highest BCUT2D eigenvalue weighted by Gasteiger charge is 2.19. The van der Waals surface area contributed by atoms with Crippen LogP contribution >= 0.6 is 0 Å². The Bertz CT molecular complexity index is 407. The monoisotopic (exact) mass is 227 g/mol. The molecule has 0 amide bonds. The van der Waals surface area contributed by atoms with E-state index in [0.717, 1.165) is 12.1 Å². The van der Waals surface area contributed by atoms with Crippen molar-refractivity contribution in [3.8, 4) is 0 Å². The van der Waals surface area contributed by atoms with Crippen LogP contribution in [0.2, 0.25) is 0 Å². The van der Waals surface area contributed by atoms with Gasteiger partial charge < -0.3 is 5.11 Å². The molecule has 0 saturated heterocycles. The van der Waals surface area contributed by atoms with E-state index in [1.807, 2.05) is 0 Å². The van der Waals surface area contributed by atoms with E-state index in [-0.39, 0.29) is 12.1 Å². The molecular formula is C11H11F2NO2. The maximum absolute atomic E-state index is 12.9. The quantitative estimate of drug-likeness (QED) is 0.755. The zero-order chi connectivity index (χ0) is 12.1. The molecule has 1 unspecified atom stereocenters. The zero-order valence-electron chi connectivity index (χ0n) is 8.41. The summed E-state index contributed by atoms with van der Waals surface area (Å²) in [6.07, 6.45) is 1.48. The van der Waals surface area contributed by atoms with Gasteiger partial charge in [-0.25, -0.2) is 8.78 Å². The Kier molecular flexibility index (Phi) is 4.13. The SMILES string of the molecule is C=CCNC(C(=O)O)c1ccc(F)c(F)c1. The van der Waals surface area contributed by atoms with E-state index in [1.54, 1.807) is 0 Å². The predicted octanol–water partition coefficient (Wildman–Crippen LogP) is 1.87. The van der Waals surface area contributed by atoms with Crippen LogP contribution in [-0.4, -0.2) is 17.6 Å². The summed E-state index contributed by atoms with van der Waals surface area (Å²) in [7, 11) is 0. The van der Waals surface area contributed by atoms with Crippen LogP contribution in [0.3, 0.4) is 0 Å². The van der Waals surface area contributed by atoms with Gasteiger partial charge in [-0.1, -0.05) is 12.1 Å². The van der Waals surface area contributed by atoms with Crippen molar-refractivity contribution in [2.75, 3.05) is 6.54 Å². The molecule has 1 aromatic carbocycles. The first kappa shape index (κ1) is 12.3. The van der Waals surface area contributed by atoms with E-state index in [4.69, 9.17) is 5.11 Å². The van der Waals surface area contributed by atoms with Crippen LogP contribution in [0.5, 0.6) is 0 Å². The lowest BCUT2D eigenvalue weighted by Crippen LogP contribution is -2.28. The smallest absolute Gasteiger partial charge is 0.325 e. The number of carbonyl (C=O) groups is 1. The first-order valence-corrected chi connectivity index (χ1v) is 4.58. The summed E-state index contributed by atoms with van der Waals surface area (Å²) < 4.78 is 25.6. The van der Waals surface area contributed by atoms with E-state index >= 15 is 0 Å². The van der Waals surface area contributed by atoms with Gasteiger partial charge in [0.15, 0.2) is 11.6 Å². The van der Waals surface area contributed by atoms with Crippen LogP contribution in [0.25, 0.3) is 0 Å². The molecule has 3 nitrogen and oxygen atoms in total. The Morgan fingerprint density at radius 1 is 1.50 bits per heavy atom. The predicted molar refractivity (Wildman–Crippen MR) is 54.9 cm³/mol. The normalized spacial score (nSPS) is 12.1. The highest BCUT2D eigenvalue weighted by Crippen LogP contribution is 2.16. The van der Waals surface area contributed by atoms with E-state index < -0.39 is 23.6 Å². The Labute approximate surface area is 91.4 Å². The summed E-state index contributed by atoms with van der Waals surface area (Å²) in [6, 6.07) is 1.92. The number of nitrogens with one attached hydrogen (secondary N) is 1. The van der Waals surface area contributed by atoms with Crippen LogP contribution in [0.15, 0.2) is 30.9 Å². The second-order valence-corrected chi connectivity index (χ2v) is 3.14. The number of hydrogen-bond donors (Lipinski definition) is 2. The fourth-order valence-corrected chi connectivity index (χ4v) is 1.24. The molecule has 0 fully saturated rings. The first-order chi connectivity index (χ1) is 7.56. The minimum Gasteiger partial charge on any atom is -0.480 e. The maximum atomic E-state index is 12.9. The molecule has 86 valence electrons. The van der Waals surface area contributed by atoms with Crippen molar-refractivity contribution in [1.29, 1.82) is 0 Å². The Morgan fingerprint density at radius 3 is 2.69 bits per heavy atom. The summed E-state index contributed by atoms with van der Waals surface area (Å²) in [5, 5.41) is 11.5. The number of carboxylic acid groups (broad SMARTS) is 1. The summed E-state index contributed by atoms with van der Waals surface area (Å²) in [6.45, 7) is 3.69. The molecule has 1 rings (SSSR count). The molecule has 16 heavy (non-hydrogen) atoms. The van der Waals surface area contributed by atoms with Crippen molar-refractivity contribution in [2.45, 2.75) is 6.04 Å². The van der Waals surface area contributed by atoms with E-state index in [1.165, 1.54) is 12.1 Å². The van der Waals surface area contributed by atoms with Crippen molar-refractivity contribution in [1.82, 2.24) is 5.32 Å². The molecule has 2 N–H and O–H groups in total. The van der Waals surface area contributed by atoms with E-state index in [0.29, 0.717) is 0 Å². The molecule has 0 heterocycles. The number of carboxylic acids is 1. The van der Waals surface area contributed by atoms with Gasteiger partial charge in [0, 0.05) is 6.54 Å². The third-order valence-corrected chi connectivity index (χ3v) is 1.99. The molecule has 0 aromatic heterocycles. The number of halogens is 2. The second-order valence-electron chi connectivity index (χ2n) is 3.14. The van der Waals surface area contributed by atoms with Crippen LogP contribution < -0.4 is 5.32 Å². The topological polar surface area (TPSA) is 49.3 Å². The lowest BCUT2D eigenvalue weighted by atomic mass is 10.1. The largest absolute Gasteiger partial charge is 0.480 e. The van der Waals surface area contributed by atoms with Gasteiger partial charge in [-0.05, 0) is 17.7 Å².